The van der Waals surface area contributed by atoms with Crippen molar-refractivity contribution in [1.29, 1.82) is 0 Å². The normalized spacial score (nSPS) is 43.5. The van der Waals surface area contributed by atoms with E-state index in [0.717, 1.165) is 6.42 Å². The standard InChI is InChI=1S/C16H26F4/c1-3-16(19,20)12-7-5-11(6-8-12)13-9-4-10(2)14(17)15(13)18/h10-15H,3-9H2,1-2H3. The van der Waals surface area contributed by atoms with E-state index in [1.54, 1.807) is 6.92 Å². The number of alkyl halides is 4. The van der Waals surface area contributed by atoms with Crippen LogP contribution in [0.1, 0.15) is 58.8 Å². The highest BCUT2D eigenvalue weighted by Crippen LogP contribution is 2.46. The number of rotatable bonds is 3. The van der Waals surface area contributed by atoms with Gasteiger partial charge in [-0.3, -0.25) is 0 Å². The van der Waals surface area contributed by atoms with E-state index >= 15 is 0 Å². The smallest absolute Gasteiger partial charge is 0.244 e. The monoisotopic (exact) mass is 294 g/mol. The van der Waals surface area contributed by atoms with Crippen molar-refractivity contribution in [3.63, 3.8) is 0 Å². The molecule has 0 bridgehead atoms. The topological polar surface area (TPSA) is 0 Å². The molecule has 0 aliphatic heterocycles. The van der Waals surface area contributed by atoms with Crippen molar-refractivity contribution in [2.24, 2.45) is 23.7 Å². The molecule has 118 valence electrons. The van der Waals surface area contributed by atoms with Crippen LogP contribution in [0.5, 0.6) is 0 Å². The van der Waals surface area contributed by atoms with Gasteiger partial charge in [0, 0.05) is 12.3 Å². The molecule has 4 atom stereocenters. The second kappa shape index (κ2) is 6.23. The molecular weight excluding hydrogens is 268 g/mol. The third kappa shape index (κ3) is 3.14. The van der Waals surface area contributed by atoms with Gasteiger partial charge in [0.05, 0.1) is 0 Å². The van der Waals surface area contributed by atoms with Crippen molar-refractivity contribution >= 4 is 0 Å². The second-order valence-corrected chi connectivity index (χ2v) is 6.83. The quantitative estimate of drug-likeness (QED) is 0.598. The van der Waals surface area contributed by atoms with E-state index in [1.807, 2.05) is 0 Å². The molecule has 0 aromatic carbocycles. The second-order valence-electron chi connectivity index (χ2n) is 6.83. The van der Waals surface area contributed by atoms with Gasteiger partial charge in [0.15, 0.2) is 0 Å². The van der Waals surface area contributed by atoms with E-state index in [4.69, 9.17) is 0 Å². The summed E-state index contributed by atoms with van der Waals surface area (Å²) in [4.78, 5) is 0. The lowest BCUT2D eigenvalue weighted by Crippen LogP contribution is -2.42. The third-order valence-corrected chi connectivity index (χ3v) is 5.66. The van der Waals surface area contributed by atoms with Crippen LogP contribution in [0.3, 0.4) is 0 Å². The van der Waals surface area contributed by atoms with Crippen LogP contribution >= 0.6 is 0 Å². The lowest BCUT2D eigenvalue weighted by Gasteiger charge is -2.41. The first-order valence-corrected chi connectivity index (χ1v) is 8.02. The fourth-order valence-corrected chi connectivity index (χ4v) is 4.08. The van der Waals surface area contributed by atoms with Crippen molar-refractivity contribution in [1.82, 2.24) is 0 Å². The van der Waals surface area contributed by atoms with E-state index in [-0.39, 0.29) is 24.2 Å². The SMILES string of the molecule is CCC(F)(F)C1CCC(C2CCC(C)C(F)C2F)CC1. The Balaban J connectivity index is 1.91. The molecule has 20 heavy (non-hydrogen) atoms. The lowest BCUT2D eigenvalue weighted by molar-refractivity contribution is -0.0861. The first-order chi connectivity index (χ1) is 9.36. The zero-order valence-corrected chi connectivity index (χ0v) is 12.4. The molecule has 2 rings (SSSR count). The van der Waals surface area contributed by atoms with Crippen LogP contribution in [-0.4, -0.2) is 18.3 Å². The molecule has 0 spiro atoms. The fourth-order valence-electron chi connectivity index (χ4n) is 4.08. The predicted octanol–water partition coefficient (Wildman–Crippen LogP) is 5.56. The Kier molecular flexibility index (Phi) is 5.01. The Hall–Kier alpha value is -0.280. The fraction of sp³-hybridized carbons (Fsp3) is 1.00. The first kappa shape index (κ1) is 16.1. The van der Waals surface area contributed by atoms with E-state index in [0.29, 0.717) is 32.1 Å². The number of hydrogen-bond acceptors (Lipinski definition) is 0. The average Bonchev–Trinajstić information content (AvgIpc) is 2.45. The van der Waals surface area contributed by atoms with Crippen molar-refractivity contribution in [2.45, 2.75) is 77.1 Å². The molecule has 0 nitrogen and oxygen atoms in total. The zero-order chi connectivity index (χ0) is 14.9. The highest BCUT2D eigenvalue weighted by Gasteiger charge is 2.45. The van der Waals surface area contributed by atoms with E-state index in [1.165, 1.54) is 6.92 Å². The summed E-state index contributed by atoms with van der Waals surface area (Å²) in [5, 5.41) is 0. The van der Waals surface area contributed by atoms with E-state index < -0.39 is 24.2 Å². The predicted molar refractivity (Wildman–Crippen MR) is 72.4 cm³/mol. The largest absolute Gasteiger partial charge is 0.250 e. The van der Waals surface area contributed by atoms with Crippen molar-refractivity contribution in [2.75, 3.05) is 0 Å². The zero-order valence-electron chi connectivity index (χ0n) is 12.4. The van der Waals surface area contributed by atoms with E-state index in [2.05, 4.69) is 0 Å². The van der Waals surface area contributed by atoms with Gasteiger partial charge >= 0.3 is 0 Å². The molecule has 0 aromatic heterocycles. The van der Waals surface area contributed by atoms with Crippen LogP contribution in [0.4, 0.5) is 17.6 Å². The van der Waals surface area contributed by atoms with Crippen LogP contribution in [0.2, 0.25) is 0 Å². The first-order valence-electron chi connectivity index (χ1n) is 8.02. The minimum Gasteiger partial charge on any atom is -0.244 e. The van der Waals surface area contributed by atoms with Crippen LogP contribution in [0.25, 0.3) is 0 Å². The van der Waals surface area contributed by atoms with Crippen LogP contribution in [0.15, 0.2) is 0 Å². The molecule has 2 aliphatic carbocycles. The van der Waals surface area contributed by atoms with Crippen LogP contribution in [0, 0.1) is 23.7 Å². The van der Waals surface area contributed by atoms with Crippen LogP contribution < -0.4 is 0 Å². The van der Waals surface area contributed by atoms with Gasteiger partial charge in [-0.05, 0) is 56.3 Å². The summed E-state index contributed by atoms with van der Waals surface area (Å²) in [6.07, 6.45) is 0.721. The lowest BCUT2D eigenvalue weighted by atomic mass is 9.67. The molecule has 0 aromatic rings. The molecule has 0 N–H and O–H groups in total. The van der Waals surface area contributed by atoms with Gasteiger partial charge in [-0.25, -0.2) is 17.6 Å². The van der Waals surface area contributed by atoms with Crippen LogP contribution in [-0.2, 0) is 0 Å². The molecule has 0 saturated heterocycles. The molecule has 0 heterocycles. The minimum absolute atomic E-state index is 0.0969. The maximum absolute atomic E-state index is 14.2. The Morgan fingerprint density at radius 1 is 0.900 bits per heavy atom. The van der Waals surface area contributed by atoms with Gasteiger partial charge < -0.3 is 0 Å². The van der Waals surface area contributed by atoms with Crippen molar-refractivity contribution in [3.05, 3.63) is 0 Å². The maximum Gasteiger partial charge on any atom is 0.250 e. The summed E-state index contributed by atoms with van der Waals surface area (Å²) in [6.45, 7) is 3.27. The Labute approximate surface area is 119 Å². The minimum atomic E-state index is -2.59. The van der Waals surface area contributed by atoms with Gasteiger partial charge in [-0.2, -0.15) is 0 Å². The molecular formula is C16H26F4. The molecule has 4 heteroatoms. The summed E-state index contributed by atoms with van der Waals surface area (Å²) >= 11 is 0. The molecule has 0 amide bonds. The molecule has 0 radical (unpaired) electrons. The third-order valence-electron chi connectivity index (χ3n) is 5.66. The van der Waals surface area contributed by atoms with Gasteiger partial charge in [0.1, 0.15) is 12.3 Å². The number of hydrogen-bond donors (Lipinski definition) is 0. The number of halogens is 4. The highest BCUT2D eigenvalue weighted by atomic mass is 19.3. The van der Waals surface area contributed by atoms with Crippen molar-refractivity contribution < 1.29 is 17.6 Å². The summed E-state index contributed by atoms with van der Waals surface area (Å²) in [7, 11) is 0. The highest BCUT2D eigenvalue weighted by molar-refractivity contribution is 4.92. The molecule has 4 unspecified atom stereocenters. The maximum atomic E-state index is 14.2. The summed E-state index contributed by atoms with van der Waals surface area (Å²) in [5.74, 6) is -3.52. The van der Waals surface area contributed by atoms with Gasteiger partial charge in [0.25, 0.3) is 5.92 Å². The summed E-state index contributed by atoms with van der Waals surface area (Å²) in [6, 6.07) is 0. The Bertz CT molecular complexity index is 310. The summed E-state index contributed by atoms with van der Waals surface area (Å²) < 4.78 is 55.3. The summed E-state index contributed by atoms with van der Waals surface area (Å²) in [5.41, 5.74) is 0. The van der Waals surface area contributed by atoms with Crippen molar-refractivity contribution in [3.8, 4) is 0 Å². The molecule has 2 saturated carbocycles. The Morgan fingerprint density at radius 2 is 1.50 bits per heavy atom. The van der Waals surface area contributed by atoms with E-state index in [9.17, 15) is 17.6 Å². The Morgan fingerprint density at radius 3 is 2.05 bits per heavy atom. The van der Waals surface area contributed by atoms with Gasteiger partial charge in [0.2, 0.25) is 0 Å². The molecule has 2 fully saturated rings. The molecule has 2 aliphatic rings. The average molecular weight is 294 g/mol. The van der Waals surface area contributed by atoms with Gasteiger partial charge in [-0.15, -0.1) is 0 Å². The van der Waals surface area contributed by atoms with Gasteiger partial charge in [-0.1, -0.05) is 13.8 Å².